The Hall–Kier alpha value is -1.60. The molecule has 2 saturated heterocycles. The highest BCUT2D eigenvalue weighted by molar-refractivity contribution is 5.84. The molecule has 0 aliphatic carbocycles. The van der Waals surface area contributed by atoms with Crippen molar-refractivity contribution in [2.24, 2.45) is 11.3 Å². The monoisotopic (exact) mass is 369 g/mol. The number of halogens is 3. The highest BCUT2D eigenvalue weighted by atomic mass is 19.4. The lowest BCUT2D eigenvalue weighted by atomic mass is 9.84. The number of nitrogens with one attached hydrogen (secondary N) is 1. The van der Waals surface area contributed by atoms with Crippen molar-refractivity contribution in [3.8, 4) is 0 Å². The molecule has 2 fully saturated rings. The third kappa shape index (κ3) is 3.74. The molecule has 1 aromatic rings. The van der Waals surface area contributed by atoms with Gasteiger partial charge < -0.3 is 10.2 Å². The lowest BCUT2D eigenvalue weighted by molar-refractivity contribution is -0.223. The van der Waals surface area contributed by atoms with Gasteiger partial charge in [0.05, 0.1) is 0 Å². The Kier molecular flexibility index (Phi) is 5.58. The van der Waals surface area contributed by atoms with Gasteiger partial charge >= 0.3 is 6.18 Å². The van der Waals surface area contributed by atoms with Gasteiger partial charge in [-0.05, 0) is 44.5 Å². The van der Waals surface area contributed by atoms with Gasteiger partial charge in [-0.1, -0.05) is 30.3 Å². The van der Waals surface area contributed by atoms with Crippen LogP contribution in [0.3, 0.4) is 0 Å². The molecule has 2 aliphatic heterocycles. The van der Waals surface area contributed by atoms with E-state index in [1.165, 1.54) is 4.90 Å². The molecule has 0 bridgehead atoms. The number of amides is 1. The fourth-order valence-electron chi connectivity index (χ4n) is 4.17. The molecule has 2 unspecified atom stereocenters. The van der Waals surface area contributed by atoms with Crippen LogP contribution in [0, 0.1) is 11.3 Å². The van der Waals surface area contributed by atoms with Crippen molar-refractivity contribution in [3.63, 3.8) is 0 Å². The van der Waals surface area contributed by atoms with E-state index in [9.17, 15) is 18.0 Å². The third-order valence-electron chi connectivity index (χ3n) is 5.62. The van der Waals surface area contributed by atoms with Crippen molar-refractivity contribution in [2.45, 2.75) is 25.6 Å². The maximum atomic E-state index is 14.0. The van der Waals surface area contributed by atoms with E-state index in [0.717, 1.165) is 18.5 Å². The summed E-state index contributed by atoms with van der Waals surface area (Å²) in [4.78, 5) is 16.1. The molecule has 144 valence electrons. The molecule has 1 N–H and O–H groups in total. The number of benzene rings is 1. The van der Waals surface area contributed by atoms with Gasteiger partial charge in [0.25, 0.3) is 0 Å². The molecule has 2 heterocycles. The molecular formula is C19H26F3N3O. The molecule has 3 rings (SSSR count). The summed E-state index contributed by atoms with van der Waals surface area (Å²) < 4.78 is 42.0. The SMILES string of the molecule is CNCC1CCN(C(=O)C2(C(F)(F)F)CCN(Cc3ccccc3)C2)C1. The average Bonchev–Trinajstić information content (AvgIpc) is 3.23. The van der Waals surface area contributed by atoms with E-state index in [1.807, 2.05) is 37.4 Å². The first kappa shape index (κ1) is 19.2. The van der Waals surface area contributed by atoms with Crippen molar-refractivity contribution in [2.75, 3.05) is 39.8 Å². The van der Waals surface area contributed by atoms with Crippen molar-refractivity contribution < 1.29 is 18.0 Å². The van der Waals surface area contributed by atoms with E-state index >= 15 is 0 Å². The molecule has 0 saturated carbocycles. The minimum absolute atomic E-state index is 0.157. The third-order valence-corrected chi connectivity index (χ3v) is 5.62. The van der Waals surface area contributed by atoms with Crippen LogP contribution in [0.2, 0.25) is 0 Å². The summed E-state index contributed by atoms with van der Waals surface area (Å²) in [6, 6.07) is 9.43. The molecule has 0 aromatic heterocycles. The Balaban J connectivity index is 1.73. The standard InChI is InChI=1S/C19H26F3N3O/c1-23-11-16-7-9-25(13-16)17(26)18(19(20,21)22)8-10-24(14-18)12-15-5-3-2-4-6-15/h2-6,16,23H,7-14H2,1H3. The maximum Gasteiger partial charge on any atom is 0.404 e. The Morgan fingerprint density at radius 3 is 2.65 bits per heavy atom. The van der Waals surface area contributed by atoms with Crippen molar-refractivity contribution in [1.29, 1.82) is 0 Å². The second-order valence-corrected chi connectivity index (χ2v) is 7.49. The highest BCUT2D eigenvalue weighted by Crippen LogP contribution is 2.47. The molecule has 26 heavy (non-hydrogen) atoms. The number of carbonyl (C=O) groups is 1. The lowest BCUT2D eigenvalue weighted by Gasteiger charge is -2.34. The van der Waals surface area contributed by atoms with Gasteiger partial charge in [0.15, 0.2) is 5.41 Å². The number of nitrogens with zero attached hydrogens (tertiary/aromatic N) is 2. The van der Waals surface area contributed by atoms with Gasteiger partial charge in [-0.15, -0.1) is 0 Å². The molecule has 1 aromatic carbocycles. The Morgan fingerprint density at radius 1 is 1.27 bits per heavy atom. The normalized spacial score (nSPS) is 27.2. The van der Waals surface area contributed by atoms with Crippen LogP contribution in [-0.2, 0) is 11.3 Å². The second-order valence-electron chi connectivity index (χ2n) is 7.49. The first-order valence-corrected chi connectivity index (χ1v) is 9.13. The Bertz CT molecular complexity index is 622. The van der Waals surface area contributed by atoms with Gasteiger partial charge in [-0.3, -0.25) is 9.69 Å². The molecule has 2 atom stereocenters. The quantitative estimate of drug-likeness (QED) is 0.866. The largest absolute Gasteiger partial charge is 0.404 e. The highest BCUT2D eigenvalue weighted by Gasteiger charge is 2.64. The molecule has 2 aliphatic rings. The van der Waals surface area contributed by atoms with E-state index in [2.05, 4.69) is 5.32 Å². The minimum Gasteiger partial charge on any atom is -0.342 e. The van der Waals surface area contributed by atoms with Gasteiger partial charge in [0, 0.05) is 26.2 Å². The van der Waals surface area contributed by atoms with Crippen LogP contribution in [0.25, 0.3) is 0 Å². The second kappa shape index (κ2) is 7.56. The molecule has 1 amide bonds. The summed E-state index contributed by atoms with van der Waals surface area (Å²) in [6.45, 7) is 2.03. The van der Waals surface area contributed by atoms with Gasteiger partial charge in [-0.2, -0.15) is 13.2 Å². The molecule has 0 radical (unpaired) electrons. The van der Waals surface area contributed by atoms with Gasteiger partial charge in [-0.25, -0.2) is 0 Å². The summed E-state index contributed by atoms with van der Waals surface area (Å²) in [7, 11) is 1.82. The molecule has 7 heteroatoms. The zero-order valence-corrected chi connectivity index (χ0v) is 15.1. The number of rotatable bonds is 5. The van der Waals surface area contributed by atoms with Crippen LogP contribution in [-0.4, -0.2) is 61.7 Å². The summed E-state index contributed by atoms with van der Waals surface area (Å²) in [6.07, 6.45) is -3.93. The van der Waals surface area contributed by atoms with E-state index in [1.54, 1.807) is 4.90 Å². The van der Waals surface area contributed by atoms with Crippen molar-refractivity contribution >= 4 is 5.91 Å². The molecular weight excluding hydrogens is 343 g/mol. The first-order chi connectivity index (χ1) is 12.4. The molecule has 4 nitrogen and oxygen atoms in total. The van der Waals surface area contributed by atoms with E-state index < -0.39 is 17.5 Å². The summed E-state index contributed by atoms with van der Waals surface area (Å²) in [5.41, 5.74) is -1.30. The van der Waals surface area contributed by atoms with Crippen molar-refractivity contribution in [3.05, 3.63) is 35.9 Å². The fourth-order valence-corrected chi connectivity index (χ4v) is 4.17. The van der Waals surface area contributed by atoms with Crippen LogP contribution in [0.5, 0.6) is 0 Å². The fraction of sp³-hybridized carbons (Fsp3) is 0.632. The van der Waals surface area contributed by atoms with Crippen LogP contribution in [0.15, 0.2) is 30.3 Å². The van der Waals surface area contributed by atoms with Gasteiger partial charge in [0.1, 0.15) is 0 Å². The van der Waals surface area contributed by atoms with Crippen LogP contribution >= 0.6 is 0 Å². The first-order valence-electron chi connectivity index (χ1n) is 9.13. The maximum absolute atomic E-state index is 14.0. The molecule has 0 spiro atoms. The van der Waals surface area contributed by atoms with E-state index in [4.69, 9.17) is 0 Å². The van der Waals surface area contributed by atoms with Gasteiger partial charge in [0.2, 0.25) is 5.91 Å². The number of likely N-dealkylation sites (tertiary alicyclic amines) is 2. The Labute approximate surface area is 152 Å². The summed E-state index contributed by atoms with van der Waals surface area (Å²) in [5.74, 6) is -0.504. The number of carbonyl (C=O) groups excluding carboxylic acids is 1. The summed E-state index contributed by atoms with van der Waals surface area (Å²) >= 11 is 0. The lowest BCUT2D eigenvalue weighted by Crippen LogP contribution is -2.53. The number of hydrogen-bond acceptors (Lipinski definition) is 3. The minimum atomic E-state index is -4.53. The van der Waals surface area contributed by atoms with Crippen molar-refractivity contribution in [1.82, 2.24) is 15.1 Å². The number of alkyl halides is 3. The number of hydrogen-bond donors (Lipinski definition) is 1. The van der Waals surface area contributed by atoms with Crippen LogP contribution in [0.1, 0.15) is 18.4 Å². The van der Waals surface area contributed by atoms with Crippen LogP contribution < -0.4 is 5.32 Å². The Morgan fingerprint density at radius 2 is 2.00 bits per heavy atom. The zero-order valence-electron chi connectivity index (χ0n) is 15.1. The summed E-state index contributed by atoms with van der Waals surface area (Å²) in [5, 5.41) is 3.04. The topological polar surface area (TPSA) is 35.6 Å². The average molecular weight is 369 g/mol. The van der Waals surface area contributed by atoms with Crippen LogP contribution in [0.4, 0.5) is 13.2 Å². The predicted molar refractivity (Wildman–Crippen MR) is 93.4 cm³/mol. The van der Waals surface area contributed by atoms with E-state index in [-0.39, 0.29) is 25.4 Å². The zero-order chi connectivity index (χ0) is 18.8. The predicted octanol–water partition coefficient (Wildman–Crippen LogP) is 2.51. The smallest absolute Gasteiger partial charge is 0.342 e. The van der Waals surface area contributed by atoms with E-state index in [0.29, 0.717) is 19.6 Å².